The van der Waals surface area contributed by atoms with Gasteiger partial charge in [0.15, 0.2) is 0 Å². The fourth-order valence-corrected chi connectivity index (χ4v) is 1.44. The summed E-state index contributed by atoms with van der Waals surface area (Å²) in [5.41, 5.74) is 0.838. The standard InChI is InChI=1S/C12H10FN3O2/c1-7-4-11(15-6-14-7)16-8-2-3-9(12(17)18)10(13)5-8/h2-6H,1H3,(H,17,18)(H,14,15,16). The van der Waals surface area contributed by atoms with Crippen molar-refractivity contribution in [1.82, 2.24) is 9.97 Å². The number of carboxylic acids is 1. The van der Waals surface area contributed by atoms with E-state index in [0.29, 0.717) is 11.5 Å². The number of hydrogen-bond donors (Lipinski definition) is 2. The van der Waals surface area contributed by atoms with Crippen LogP contribution >= 0.6 is 0 Å². The number of halogens is 1. The van der Waals surface area contributed by atoms with Gasteiger partial charge in [-0.3, -0.25) is 0 Å². The van der Waals surface area contributed by atoms with Crippen molar-refractivity contribution in [1.29, 1.82) is 0 Å². The van der Waals surface area contributed by atoms with Crippen molar-refractivity contribution in [3.8, 4) is 0 Å². The van der Waals surface area contributed by atoms with Crippen molar-refractivity contribution in [3.05, 3.63) is 47.7 Å². The first kappa shape index (κ1) is 12.0. The van der Waals surface area contributed by atoms with Crippen molar-refractivity contribution in [2.24, 2.45) is 0 Å². The van der Waals surface area contributed by atoms with E-state index in [4.69, 9.17) is 5.11 Å². The fourth-order valence-electron chi connectivity index (χ4n) is 1.44. The lowest BCUT2D eigenvalue weighted by atomic mass is 10.2. The monoisotopic (exact) mass is 247 g/mol. The molecule has 0 spiro atoms. The maximum atomic E-state index is 13.4. The summed E-state index contributed by atoms with van der Waals surface area (Å²) in [5, 5.41) is 11.6. The quantitative estimate of drug-likeness (QED) is 0.870. The number of benzene rings is 1. The minimum absolute atomic E-state index is 0.362. The summed E-state index contributed by atoms with van der Waals surface area (Å²) in [6.45, 7) is 1.81. The van der Waals surface area contributed by atoms with E-state index in [1.807, 2.05) is 0 Å². The molecule has 2 N–H and O–H groups in total. The summed E-state index contributed by atoms with van der Waals surface area (Å²) in [5.74, 6) is -1.57. The van der Waals surface area contributed by atoms with Gasteiger partial charge in [0.1, 0.15) is 18.0 Å². The van der Waals surface area contributed by atoms with Crippen molar-refractivity contribution < 1.29 is 14.3 Å². The fraction of sp³-hybridized carbons (Fsp3) is 0.0833. The van der Waals surface area contributed by atoms with Crippen LogP contribution in [0.15, 0.2) is 30.6 Å². The molecular formula is C12H10FN3O2. The van der Waals surface area contributed by atoms with E-state index in [0.717, 1.165) is 11.8 Å². The highest BCUT2D eigenvalue weighted by Crippen LogP contribution is 2.18. The predicted molar refractivity (Wildman–Crippen MR) is 63.4 cm³/mol. The van der Waals surface area contributed by atoms with E-state index >= 15 is 0 Å². The zero-order valence-electron chi connectivity index (χ0n) is 9.51. The second-order valence-electron chi connectivity index (χ2n) is 3.67. The average Bonchev–Trinajstić information content (AvgIpc) is 2.28. The number of rotatable bonds is 3. The third-order valence-electron chi connectivity index (χ3n) is 2.28. The molecule has 0 unspecified atom stereocenters. The van der Waals surface area contributed by atoms with Gasteiger partial charge in [-0.05, 0) is 25.1 Å². The van der Waals surface area contributed by atoms with E-state index in [1.165, 1.54) is 18.5 Å². The van der Waals surface area contributed by atoms with Crippen molar-refractivity contribution in [2.75, 3.05) is 5.32 Å². The number of nitrogens with one attached hydrogen (secondary N) is 1. The first-order valence-corrected chi connectivity index (χ1v) is 5.15. The van der Waals surface area contributed by atoms with Gasteiger partial charge < -0.3 is 10.4 Å². The maximum Gasteiger partial charge on any atom is 0.338 e. The van der Waals surface area contributed by atoms with E-state index in [-0.39, 0.29) is 5.56 Å². The molecule has 2 aromatic rings. The molecule has 5 nitrogen and oxygen atoms in total. The largest absolute Gasteiger partial charge is 0.478 e. The lowest BCUT2D eigenvalue weighted by molar-refractivity contribution is 0.0692. The lowest BCUT2D eigenvalue weighted by Crippen LogP contribution is -2.02. The van der Waals surface area contributed by atoms with Gasteiger partial charge in [-0.25, -0.2) is 19.2 Å². The van der Waals surface area contributed by atoms with Crippen LogP contribution in [0.4, 0.5) is 15.9 Å². The molecule has 0 aliphatic heterocycles. The SMILES string of the molecule is Cc1cc(Nc2ccc(C(=O)O)c(F)c2)ncn1. The van der Waals surface area contributed by atoms with Gasteiger partial charge in [-0.15, -0.1) is 0 Å². The normalized spacial score (nSPS) is 10.1. The number of aromatic nitrogens is 2. The molecule has 0 radical (unpaired) electrons. The summed E-state index contributed by atoms with van der Waals surface area (Å²) in [6, 6.07) is 5.49. The number of nitrogens with zero attached hydrogens (tertiary/aromatic N) is 2. The zero-order valence-corrected chi connectivity index (χ0v) is 9.51. The van der Waals surface area contributed by atoms with Crippen molar-refractivity contribution in [3.63, 3.8) is 0 Å². The molecule has 0 aliphatic rings. The van der Waals surface area contributed by atoms with Crippen LogP contribution in [0, 0.1) is 12.7 Å². The minimum atomic E-state index is -1.29. The number of aryl methyl sites for hydroxylation is 1. The third-order valence-corrected chi connectivity index (χ3v) is 2.28. The molecule has 6 heteroatoms. The smallest absolute Gasteiger partial charge is 0.338 e. The molecule has 0 bridgehead atoms. The van der Waals surface area contributed by atoms with E-state index in [1.54, 1.807) is 13.0 Å². The van der Waals surface area contributed by atoms with Crippen LogP contribution in [0.3, 0.4) is 0 Å². The van der Waals surface area contributed by atoms with Crippen LogP contribution in [0.5, 0.6) is 0 Å². The Balaban J connectivity index is 2.25. The van der Waals surface area contributed by atoms with Crippen LogP contribution in [0.1, 0.15) is 16.1 Å². The van der Waals surface area contributed by atoms with Crippen LogP contribution in [-0.4, -0.2) is 21.0 Å². The first-order chi connectivity index (χ1) is 8.56. The Kier molecular flexibility index (Phi) is 3.18. The van der Waals surface area contributed by atoms with Crippen LogP contribution < -0.4 is 5.32 Å². The molecule has 1 aromatic carbocycles. The Labute approximate surface area is 102 Å². The molecule has 0 saturated heterocycles. The highest BCUT2D eigenvalue weighted by Gasteiger charge is 2.10. The summed E-state index contributed by atoms with van der Waals surface area (Å²) in [6.07, 6.45) is 1.39. The summed E-state index contributed by atoms with van der Waals surface area (Å²) < 4.78 is 13.4. The number of carbonyl (C=O) groups is 1. The van der Waals surface area contributed by atoms with Gasteiger partial charge in [0.2, 0.25) is 0 Å². The Hall–Kier alpha value is -2.50. The number of anilines is 2. The molecule has 2 rings (SSSR count). The zero-order chi connectivity index (χ0) is 13.1. The maximum absolute atomic E-state index is 13.4. The second kappa shape index (κ2) is 4.79. The Morgan fingerprint density at radius 3 is 2.72 bits per heavy atom. The average molecular weight is 247 g/mol. The summed E-state index contributed by atoms with van der Waals surface area (Å²) in [7, 11) is 0. The number of carboxylic acid groups (broad SMARTS) is 1. The molecule has 0 saturated carbocycles. The van der Waals surface area contributed by atoms with E-state index in [9.17, 15) is 9.18 Å². The van der Waals surface area contributed by atoms with Gasteiger partial charge in [-0.1, -0.05) is 0 Å². The molecule has 18 heavy (non-hydrogen) atoms. The summed E-state index contributed by atoms with van der Waals surface area (Å²) in [4.78, 5) is 18.5. The Morgan fingerprint density at radius 2 is 2.11 bits per heavy atom. The first-order valence-electron chi connectivity index (χ1n) is 5.15. The highest BCUT2D eigenvalue weighted by molar-refractivity contribution is 5.88. The minimum Gasteiger partial charge on any atom is -0.478 e. The summed E-state index contributed by atoms with van der Waals surface area (Å²) >= 11 is 0. The van der Waals surface area contributed by atoms with E-state index in [2.05, 4.69) is 15.3 Å². The topological polar surface area (TPSA) is 75.1 Å². The molecule has 0 fully saturated rings. The number of hydrogen-bond acceptors (Lipinski definition) is 4. The molecule has 0 atom stereocenters. The van der Waals surface area contributed by atoms with E-state index < -0.39 is 11.8 Å². The van der Waals surface area contributed by atoms with Gasteiger partial charge in [-0.2, -0.15) is 0 Å². The highest BCUT2D eigenvalue weighted by atomic mass is 19.1. The molecule has 1 aromatic heterocycles. The van der Waals surface area contributed by atoms with Gasteiger partial charge in [0, 0.05) is 17.4 Å². The lowest BCUT2D eigenvalue weighted by Gasteiger charge is -2.06. The molecule has 0 amide bonds. The van der Waals surface area contributed by atoms with Crippen molar-refractivity contribution >= 4 is 17.5 Å². The predicted octanol–water partition coefficient (Wildman–Crippen LogP) is 2.37. The molecule has 0 aliphatic carbocycles. The van der Waals surface area contributed by atoms with Crippen LogP contribution in [0.25, 0.3) is 0 Å². The number of aromatic carboxylic acids is 1. The van der Waals surface area contributed by atoms with Gasteiger partial charge in [0.25, 0.3) is 0 Å². The molecule has 1 heterocycles. The van der Waals surface area contributed by atoms with Crippen LogP contribution in [0.2, 0.25) is 0 Å². The van der Waals surface area contributed by atoms with Crippen molar-refractivity contribution in [2.45, 2.75) is 6.92 Å². The second-order valence-corrected chi connectivity index (χ2v) is 3.67. The third kappa shape index (κ3) is 2.60. The Bertz CT molecular complexity index is 602. The molecule has 92 valence electrons. The van der Waals surface area contributed by atoms with Gasteiger partial charge in [0.05, 0.1) is 5.56 Å². The van der Waals surface area contributed by atoms with Gasteiger partial charge >= 0.3 is 5.97 Å². The van der Waals surface area contributed by atoms with Crippen LogP contribution in [-0.2, 0) is 0 Å². The Morgan fingerprint density at radius 1 is 1.33 bits per heavy atom. The molecular weight excluding hydrogens is 237 g/mol.